The molecule has 0 aliphatic heterocycles. The van der Waals surface area contributed by atoms with Crippen molar-refractivity contribution in [2.75, 3.05) is 12.4 Å². The molecule has 9 nitrogen and oxygen atoms in total. The number of nitrogens with one attached hydrogen (secondary N) is 1. The van der Waals surface area contributed by atoms with Crippen LogP contribution in [0.5, 0.6) is 5.75 Å². The van der Waals surface area contributed by atoms with E-state index in [0.29, 0.717) is 5.75 Å². The van der Waals surface area contributed by atoms with Gasteiger partial charge in [-0.05, 0) is 36.4 Å². The highest BCUT2D eigenvalue weighted by molar-refractivity contribution is 6.01. The van der Waals surface area contributed by atoms with Crippen LogP contribution in [0.3, 0.4) is 0 Å². The summed E-state index contributed by atoms with van der Waals surface area (Å²) < 4.78 is 15.5. The number of hydrogen-bond acceptors (Lipinski definition) is 7. The summed E-state index contributed by atoms with van der Waals surface area (Å²) in [5.41, 5.74) is 0.402. The lowest BCUT2D eigenvalue weighted by atomic mass is 10.1. The number of amides is 1. The average molecular weight is 463 g/mol. The Kier molecular flexibility index (Phi) is 7.96. The summed E-state index contributed by atoms with van der Waals surface area (Å²) in [6.07, 6.45) is -4.12. The third kappa shape index (κ3) is 6.19. The first kappa shape index (κ1) is 24.0. The maximum absolute atomic E-state index is 13.1. The molecule has 3 aromatic rings. The van der Waals surface area contributed by atoms with Crippen LogP contribution in [0.4, 0.5) is 5.69 Å². The van der Waals surface area contributed by atoms with Gasteiger partial charge in [0, 0.05) is 11.8 Å². The molecular formula is C25H21NO8. The predicted octanol–water partition coefficient (Wildman–Crippen LogP) is 3.17. The zero-order chi connectivity index (χ0) is 24.5. The molecule has 0 unspecified atom stereocenters. The Hall–Kier alpha value is -4.66. The Morgan fingerprint density at radius 2 is 1.26 bits per heavy atom. The molecule has 0 saturated heterocycles. The zero-order valence-electron chi connectivity index (χ0n) is 18.0. The van der Waals surface area contributed by atoms with Gasteiger partial charge in [-0.2, -0.15) is 0 Å². The van der Waals surface area contributed by atoms with Gasteiger partial charge in [-0.1, -0.05) is 42.5 Å². The second-order valence-corrected chi connectivity index (χ2v) is 6.94. The Morgan fingerprint density at radius 1 is 0.735 bits per heavy atom. The molecule has 0 bridgehead atoms. The minimum atomic E-state index is -2.12. The van der Waals surface area contributed by atoms with Gasteiger partial charge in [0.15, 0.2) is 0 Å². The van der Waals surface area contributed by atoms with Gasteiger partial charge in [-0.25, -0.2) is 14.4 Å². The fourth-order valence-corrected chi connectivity index (χ4v) is 2.92. The SMILES string of the molecule is COc1cccc(NC(=O)[C@H](OC(=O)c2ccccc2)[C@@H](OC(=O)c2ccccc2)C(=O)O)c1. The zero-order valence-corrected chi connectivity index (χ0v) is 18.0. The van der Waals surface area contributed by atoms with Crippen molar-refractivity contribution >= 4 is 29.5 Å². The number of anilines is 1. The lowest BCUT2D eigenvalue weighted by Crippen LogP contribution is -2.48. The molecule has 3 aromatic carbocycles. The number of benzene rings is 3. The van der Waals surface area contributed by atoms with Crippen molar-refractivity contribution in [2.45, 2.75) is 12.2 Å². The van der Waals surface area contributed by atoms with E-state index in [2.05, 4.69) is 5.32 Å². The number of methoxy groups -OCH3 is 1. The number of carboxylic acids is 1. The Labute approximate surface area is 194 Å². The van der Waals surface area contributed by atoms with E-state index in [1.54, 1.807) is 48.5 Å². The maximum atomic E-state index is 13.1. The smallest absolute Gasteiger partial charge is 0.349 e. The maximum Gasteiger partial charge on any atom is 0.349 e. The number of rotatable bonds is 9. The van der Waals surface area contributed by atoms with E-state index < -0.39 is 36.0 Å². The average Bonchev–Trinajstić information content (AvgIpc) is 2.86. The van der Waals surface area contributed by atoms with Crippen LogP contribution in [0.15, 0.2) is 84.9 Å². The Bertz CT molecular complexity index is 1160. The van der Waals surface area contributed by atoms with Crippen LogP contribution >= 0.6 is 0 Å². The minimum Gasteiger partial charge on any atom is -0.497 e. The van der Waals surface area contributed by atoms with Crippen LogP contribution in [0.2, 0.25) is 0 Å². The van der Waals surface area contributed by atoms with Gasteiger partial charge in [-0.3, -0.25) is 4.79 Å². The first-order valence-electron chi connectivity index (χ1n) is 10.1. The lowest BCUT2D eigenvalue weighted by molar-refractivity contribution is -0.157. The monoisotopic (exact) mass is 463 g/mol. The number of aliphatic carboxylic acids is 1. The van der Waals surface area contributed by atoms with E-state index in [0.717, 1.165) is 0 Å². The van der Waals surface area contributed by atoms with Crippen LogP contribution in [0.25, 0.3) is 0 Å². The second kappa shape index (κ2) is 11.3. The number of hydrogen-bond donors (Lipinski definition) is 2. The quantitative estimate of drug-likeness (QED) is 0.463. The minimum absolute atomic E-state index is 0.0649. The van der Waals surface area contributed by atoms with Crippen LogP contribution in [0.1, 0.15) is 20.7 Å². The fraction of sp³-hybridized carbons (Fsp3) is 0.120. The Morgan fingerprint density at radius 3 is 1.76 bits per heavy atom. The summed E-state index contributed by atoms with van der Waals surface area (Å²) in [6, 6.07) is 21.6. The van der Waals surface area contributed by atoms with Gasteiger partial charge in [-0.15, -0.1) is 0 Å². The number of ether oxygens (including phenoxy) is 3. The lowest BCUT2D eigenvalue weighted by Gasteiger charge is -2.23. The van der Waals surface area contributed by atoms with Crippen LogP contribution in [-0.2, 0) is 19.1 Å². The number of carbonyl (C=O) groups is 4. The van der Waals surface area contributed by atoms with E-state index in [4.69, 9.17) is 14.2 Å². The molecule has 174 valence electrons. The molecule has 9 heteroatoms. The van der Waals surface area contributed by atoms with Gasteiger partial charge in [0.1, 0.15) is 5.75 Å². The molecule has 0 spiro atoms. The van der Waals surface area contributed by atoms with Gasteiger partial charge < -0.3 is 24.6 Å². The normalized spacial score (nSPS) is 12.0. The molecule has 0 aliphatic rings. The van der Waals surface area contributed by atoms with Gasteiger partial charge in [0.25, 0.3) is 5.91 Å². The van der Waals surface area contributed by atoms with E-state index in [1.807, 2.05) is 0 Å². The molecular weight excluding hydrogens is 442 g/mol. The molecule has 0 aromatic heterocycles. The van der Waals surface area contributed by atoms with Crippen molar-refractivity contribution in [3.63, 3.8) is 0 Å². The summed E-state index contributed by atoms with van der Waals surface area (Å²) in [5, 5.41) is 12.2. The van der Waals surface area contributed by atoms with Crippen LogP contribution in [-0.4, -0.2) is 48.2 Å². The van der Waals surface area contributed by atoms with Crippen molar-refractivity contribution in [3.8, 4) is 5.75 Å². The third-order valence-electron chi connectivity index (χ3n) is 4.60. The van der Waals surface area contributed by atoms with Crippen molar-refractivity contribution < 1.29 is 38.5 Å². The number of carboxylic acid groups (broad SMARTS) is 1. The molecule has 2 atom stereocenters. The fourth-order valence-electron chi connectivity index (χ4n) is 2.92. The van der Waals surface area contributed by atoms with Crippen LogP contribution < -0.4 is 10.1 Å². The Balaban J connectivity index is 1.90. The summed E-state index contributed by atoms with van der Waals surface area (Å²) in [7, 11) is 1.44. The molecule has 34 heavy (non-hydrogen) atoms. The van der Waals surface area contributed by atoms with Crippen molar-refractivity contribution in [1.29, 1.82) is 0 Å². The van der Waals surface area contributed by atoms with Crippen molar-refractivity contribution in [3.05, 3.63) is 96.1 Å². The molecule has 2 N–H and O–H groups in total. The standard InChI is InChI=1S/C25H21NO8/c1-32-19-14-8-13-18(15-19)26-22(27)20(33-24(30)16-9-4-2-5-10-16)21(23(28)29)34-25(31)17-11-6-3-7-12-17/h2-15,20-21H,1H3,(H,26,27)(H,28,29)/t20-,21-/m1/s1. The van der Waals surface area contributed by atoms with Crippen molar-refractivity contribution in [1.82, 2.24) is 0 Å². The number of esters is 2. The summed E-state index contributed by atoms with van der Waals surface area (Å²) in [5.74, 6) is -4.21. The highest BCUT2D eigenvalue weighted by Crippen LogP contribution is 2.19. The van der Waals surface area contributed by atoms with Gasteiger partial charge in [0.2, 0.25) is 12.2 Å². The number of carbonyl (C=O) groups excluding carboxylic acids is 3. The molecule has 1 amide bonds. The highest BCUT2D eigenvalue weighted by atomic mass is 16.6. The van der Waals surface area contributed by atoms with Gasteiger partial charge in [0.05, 0.1) is 18.2 Å². The molecule has 0 aliphatic carbocycles. The predicted molar refractivity (Wildman–Crippen MR) is 121 cm³/mol. The molecule has 0 fully saturated rings. The van der Waals surface area contributed by atoms with E-state index in [-0.39, 0.29) is 16.8 Å². The topological polar surface area (TPSA) is 128 Å². The summed E-state index contributed by atoms with van der Waals surface area (Å²) >= 11 is 0. The first-order chi connectivity index (χ1) is 16.4. The largest absolute Gasteiger partial charge is 0.497 e. The summed E-state index contributed by atoms with van der Waals surface area (Å²) in [6.45, 7) is 0. The molecule has 3 rings (SSSR count). The molecule has 0 radical (unpaired) electrons. The second-order valence-electron chi connectivity index (χ2n) is 6.94. The van der Waals surface area contributed by atoms with Gasteiger partial charge >= 0.3 is 17.9 Å². The summed E-state index contributed by atoms with van der Waals surface area (Å²) in [4.78, 5) is 50.2. The molecule has 0 heterocycles. The van der Waals surface area contributed by atoms with Crippen molar-refractivity contribution in [2.24, 2.45) is 0 Å². The van der Waals surface area contributed by atoms with Crippen LogP contribution in [0, 0.1) is 0 Å². The van der Waals surface area contributed by atoms with E-state index in [1.165, 1.54) is 43.5 Å². The van der Waals surface area contributed by atoms with E-state index in [9.17, 15) is 24.3 Å². The molecule has 0 saturated carbocycles. The first-order valence-corrected chi connectivity index (χ1v) is 10.1. The third-order valence-corrected chi connectivity index (χ3v) is 4.60. The highest BCUT2D eigenvalue weighted by Gasteiger charge is 2.41. The van der Waals surface area contributed by atoms with E-state index >= 15 is 0 Å².